The molecule has 2 aromatic heterocycles. The Labute approximate surface area is 128 Å². The highest BCUT2D eigenvalue weighted by atomic mass is 32.1. The Morgan fingerprint density at radius 2 is 2.14 bits per heavy atom. The fourth-order valence-corrected chi connectivity index (χ4v) is 3.31. The Kier molecular flexibility index (Phi) is 3.68. The van der Waals surface area contributed by atoms with Crippen LogP contribution in [0.4, 0.5) is 5.13 Å². The molecular weight excluding hydrogens is 308 g/mol. The molecule has 1 N–H and O–H groups in total. The van der Waals surface area contributed by atoms with Crippen LogP contribution in [0.2, 0.25) is 0 Å². The highest BCUT2D eigenvalue weighted by Crippen LogP contribution is 2.27. The Hall–Kier alpha value is -2.25. The molecule has 0 fully saturated rings. The summed E-state index contributed by atoms with van der Waals surface area (Å²) in [4.78, 5) is 28.4. The number of hydrogen-bond acceptors (Lipinski definition) is 6. The molecule has 5 nitrogen and oxygen atoms in total. The lowest BCUT2D eigenvalue weighted by Gasteiger charge is -1.97. The van der Waals surface area contributed by atoms with E-state index >= 15 is 0 Å². The fraction of sp³-hybridized carbons (Fsp3) is 0.0714. The topological polar surface area (TPSA) is 68.3 Å². The molecule has 0 spiro atoms. The number of carbonyl (C=O) groups is 2. The first kappa shape index (κ1) is 13.7. The van der Waals surface area contributed by atoms with E-state index in [2.05, 4.69) is 15.0 Å². The molecule has 0 aliphatic rings. The van der Waals surface area contributed by atoms with Crippen LogP contribution in [0, 0.1) is 0 Å². The SMILES string of the molecule is COC(=O)c1ccc2nc(NC(=O)c3cccs3)sc2c1. The van der Waals surface area contributed by atoms with Gasteiger partial charge in [-0.25, -0.2) is 9.78 Å². The molecule has 106 valence electrons. The van der Waals surface area contributed by atoms with Gasteiger partial charge in [0.25, 0.3) is 5.91 Å². The molecule has 3 rings (SSSR count). The number of hydrogen-bond donors (Lipinski definition) is 1. The summed E-state index contributed by atoms with van der Waals surface area (Å²) in [5, 5.41) is 5.11. The maximum atomic E-state index is 12.0. The molecule has 0 saturated carbocycles. The number of methoxy groups -OCH3 is 1. The number of nitrogens with zero attached hydrogens (tertiary/aromatic N) is 1. The van der Waals surface area contributed by atoms with E-state index in [0.29, 0.717) is 15.6 Å². The average molecular weight is 318 g/mol. The number of fused-ring (bicyclic) bond motifs is 1. The third-order valence-electron chi connectivity index (χ3n) is 2.77. The largest absolute Gasteiger partial charge is 0.465 e. The van der Waals surface area contributed by atoms with Crippen molar-refractivity contribution in [2.75, 3.05) is 12.4 Å². The van der Waals surface area contributed by atoms with E-state index in [0.717, 1.165) is 10.2 Å². The first-order valence-corrected chi connectivity index (χ1v) is 7.71. The van der Waals surface area contributed by atoms with Gasteiger partial charge in [0.2, 0.25) is 0 Å². The molecule has 21 heavy (non-hydrogen) atoms. The van der Waals surface area contributed by atoms with Crippen molar-refractivity contribution in [2.24, 2.45) is 0 Å². The van der Waals surface area contributed by atoms with Crippen LogP contribution in [0.15, 0.2) is 35.7 Å². The van der Waals surface area contributed by atoms with E-state index in [-0.39, 0.29) is 5.91 Å². The van der Waals surface area contributed by atoms with Crippen molar-refractivity contribution in [3.63, 3.8) is 0 Å². The molecule has 0 aliphatic heterocycles. The molecule has 0 unspecified atom stereocenters. The normalized spacial score (nSPS) is 10.5. The van der Waals surface area contributed by atoms with Gasteiger partial charge in [0, 0.05) is 0 Å². The van der Waals surface area contributed by atoms with Crippen molar-refractivity contribution in [3.8, 4) is 0 Å². The van der Waals surface area contributed by atoms with Crippen LogP contribution in [0.1, 0.15) is 20.0 Å². The molecule has 0 saturated heterocycles. The second-order valence-corrected chi connectivity index (χ2v) is 6.10. The molecule has 0 bridgehead atoms. The number of thiazole rings is 1. The zero-order valence-electron chi connectivity index (χ0n) is 11.0. The Morgan fingerprint density at radius 3 is 2.86 bits per heavy atom. The summed E-state index contributed by atoms with van der Waals surface area (Å²) in [5.74, 6) is -0.577. The fourth-order valence-electron chi connectivity index (χ4n) is 1.79. The first-order chi connectivity index (χ1) is 10.2. The number of ether oxygens (including phenoxy) is 1. The monoisotopic (exact) mass is 318 g/mol. The van der Waals surface area contributed by atoms with Crippen LogP contribution >= 0.6 is 22.7 Å². The zero-order valence-corrected chi connectivity index (χ0v) is 12.6. The minimum atomic E-state index is -0.394. The molecule has 0 atom stereocenters. The van der Waals surface area contributed by atoms with E-state index in [1.807, 2.05) is 11.4 Å². The number of thiophene rings is 1. The van der Waals surface area contributed by atoms with Gasteiger partial charge in [-0.2, -0.15) is 0 Å². The van der Waals surface area contributed by atoms with Gasteiger partial charge in [-0.1, -0.05) is 17.4 Å². The quantitative estimate of drug-likeness (QED) is 0.752. The van der Waals surface area contributed by atoms with Crippen molar-refractivity contribution < 1.29 is 14.3 Å². The highest BCUT2D eigenvalue weighted by Gasteiger charge is 2.12. The van der Waals surface area contributed by atoms with E-state index in [1.54, 1.807) is 24.3 Å². The lowest BCUT2D eigenvalue weighted by atomic mass is 10.2. The molecular formula is C14H10N2O3S2. The van der Waals surface area contributed by atoms with Crippen molar-refractivity contribution in [1.82, 2.24) is 4.98 Å². The Morgan fingerprint density at radius 1 is 1.29 bits per heavy atom. The van der Waals surface area contributed by atoms with Gasteiger partial charge in [0.15, 0.2) is 5.13 Å². The number of benzene rings is 1. The van der Waals surface area contributed by atoms with Gasteiger partial charge < -0.3 is 4.74 Å². The minimum Gasteiger partial charge on any atom is -0.465 e. The smallest absolute Gasteiger partial charge is 0.337 e. The van der Waals surface area contributed by atoms with Gasteiger partial charge in [-0.15, -0.1) is 11.3 Å². The number of aromatic nitrogens is 1. The molecule has 7 heteroatoms. The summed E-state index contributed by atoms with van der Waals surface area (Å²) in [6, 6.07) is 8.67. The maximum absolute atomic E-state index is 12.0. The van der Waals surface area contributed by atoms with Gasteiger partial charge >= 0.3 is 5.97 Å². The minimum absolute atomic E-state index is 0.183. The van der Waals surface area contributed by atoms with Gasteiger partial charge in [0.1, 0.15) is 0 Å². The Bertz CT molecular complexity index is 809. The second kappa shape index (κ2) is 5.63. The lowest BCUT2D eigenvalue weighted by Crippen LogP contribution is -2.09. The average Bonchev–Trinajstić information content (AvgIpc) is 3.14. The van der Waals surface area contributed by atoms with Crippen LogP contribution in [0.3, 0.4) is 0 Å². The number of carbonyl (C=O) groups excluding carboxylic acids is 2. The van der Waals surface area contributed by atoms with Crippen LogP contribution < -0.4 is 5.32 Å². The molecule has 3 aromatic rings. The number of esters is 1. The van der Waals surface area contributed by atoms with E-state index in [1.165, 1.54) is 29.8 Å². The summed E-state index contributed by atoms with van der Waals surface area (Å²) in [5.41, 5.74) is 1.19. The molecule has 0 radical (unpaired) electrons. The van der Waals surface area contributed by atoms with Gasteiger partial charge in [0.05, 0.1) is 27.8 Å². The first-order valence-electron chi connectivity index (χ1n) is 6.01. The van der Waals surface area contributed by atoms with E-state index < -0.39 is 5.97 Å². The number of amides is 1. The molecule has 2 heterocycles. The molecule has 1 amide bonds. The summed E-state index contributed by atoms with van der Waals surface area (Å²) in [6.45, 7) is 0. The van der Waals surface area contributed by atoms with E-state index in [4.69, 9.17) is 0 Å². The van der Waals surface area contributed by atoms with Gasteiger partial charge in [-0.3, -0.25) is 10.1 Å². The summed E-state index contributed by atoms with van der Waals surface area (Å²) in [7, 11) is 1.34. The van der Waals surface area contributed by atoms with Crippen molar-refractivity contribution in [3.05, 3.63) is 46.2 Å². The number of rotatable bonds is 3. The summed E-state index contributed by atoms with van der Waals surface area (Å²) < 4.78 is 5.50. The highest BCUT2D eigenvalue weighted by molar-refractivity contribution is 7.22. The van der Waals surface area contributed by atoms with Crippen LogP contribution in [-0.4, -0.2) is 24.0 Å². The van der Waals surface area contributed by atoms with E-state index in [9.17, 15) is 9.59 Å². The van der Waals surface area contributed by atoms with Crippen LogP contribution in [-0.2, 0) is 4.74 Å². The third-order valence-corrected chi connectivity index (χ3v) is 4.58. The zero-order chi connectivity index (χ0) is 14.8. The standard InChI is InChI=1S/C14H10N2O3S2/c1-19-13(18)8-4-5-9-11(7-8)21-14(15-9)16-12(17)10-3-2-6-20-10/h2-7H,1H3,(H,15,16,17). The number of nitrogens with one attached hydrogen (secondary N) is 1. The number of anilines is 1. The Balaban J connectivity index is 1.87. The predicted molar refractivity (Wildman–Crippen MR) is 83.2 cm³/mol. The van der Waals surface area contributed by atoms with Crippen molar-refractivity contribution in [1.29, 1.82) is 0 Å². The lowest BCUT2D eigenvalue weighted by molar-refractivity contribution is 0.0601. The second-order valence-electron chi connectivity index (χ2n) is 4.12. The van der Waals surface area contributed by atoms with Gasteiger partial charge in [-0.05, 0) is 29.6 Å². The van der Waals surface area contributed by atoms with Crippen molar-refractivity contribution >= 4 is 49.9 Å². The predicted octanol–water partition coefficient (Wildman–Crippen LogP) is 3.40. The van der Waals surface area contributed by atoms with Crippen molar-refractivity contribution in [2.45, 2.75) is 0 Å². The molecule has 1 aromatic carbocycles. The van der Waals surface area contributed by atoms with Crippen LogP contribution in [0.25, 0.3) is 10.2 Å². The van der Waals surface area contributed by atoms with Crippen LogP contribution in [0.5, 0.6) is 0 Å². The summed E-state index contributed by atoms with van der Waals surface area (Å²) >= 11 is 2.69. The maximum Gasteiger partial charge on any atom is 0.337 e. The molecule has 0 aliphatic carbocycles. The third kappa shape index (κ3) is 2.79. The summed E-state index contributed by atoms with van der Waals surface area (Å²) in [6.07, 6.45) is 0.